The molecule has 3 heterocycles. The first kappa shape index (κ1) is 18.9. The van der Waals surface area contributed by atoms with Crippen LogP contribution in [-0.4, -0.2) is 16.8 Å². The minimum Gasteiger partial charge on any atom is -0.454 e. The van der Waals surface area contributed by atoms with E-state index >= 15 is 0 Å². The number of pyridine rings is 2. The zero-order chi connectivity index (χ0) is 22.0. The van der Waals surface area contributed by atoms with E-state index in [0.29, 0.717) is 17.1 Å². The quantitative estimate of drug-likeness (QED) is 0.250. The Kier molecular flexibility index (Phi) is 4.61. The second kappa shape index (κ2) is 8.04. The maximum Gasteiger partial charge on any atom is 0.231 e. The molecule has 0 amide bonds. The van der Waals surface area contributed by atoms with Gasteiger partial charge in [0.2, 0.25) is 6.79 Å². The van der Waals surface area contributed by atoms with Crippen LogP contribution in [0.25, 0.3) is 21.8 Å². The topological polar surface area (TPSA) is 44.2 Å². The van der Waals surface area contributed by atoms with Gasteiger partial charge in [-0.2, -0.15) is 0 Å². The first-order valence-corrected chi connectivity index (χ1v) is 10.5. The van der Waals surface area contributed by atoms with Crippen molar-refractivity contribution >= 4 is 21.8 Å². The Labute approximate surface area is 190 Å². The summed E-state index contributed by atoms with van der Waals surface area (Å²) < 4.78 is 10.8. The zero-order valence-electron chi connectivity index (χ0n) is 17.5. The summed E-state index contributed by atoms with van der Waals surface area (Å²) in [6.45, 7) is 0.246. The van der Waals surface area contributed by atoms with E-state index in [9.17, 15) is 0 Å². The third-order valence-corrected chi connectivity index (χ3v) is 5.34. The molecule has 1 aliphatic rings. The number of nitrogens with zero attached hydrogens (tertiary/aromatic N) is 2. The molecule has 0 saturated heterocycles. The SMILES string of the molecule is C(#Cc1ccc2ccc3ccc(C#Cc4ccc5c(c4)OCO5)nc3c2n1)c1ccccc1. The summed E-state index contributed by atoms with van der Waals surface area (Å²) in [6.07, 6.45) is 0. The van der Waals surface area contributed by atoms with E-state index in [2.05, 4.69) is 35.8 Å². The van der Waals surface area contributed by atoms with Gasteiger partial charge < -0.3 is 9.47 Å². The smallest absolute Gasteiger partial charge is 0.231 e. The summed E-state index contributed by atoms with van der Waals surface area (Å²) in [6, 6.07) is 27.6. The van der Waals surface area contributed by atoms with Crippen molar-refractivity contribution in [3.8, 4) is 35.2 Å². The predicted molar refractivity (Wildman–Crippen MR) is 128 cm³/mol. The van der Waals surface area contributed by atoms with Crippen molar-refractivity contribution in [2.75, 3.05) is 6.79 Å². The van der Waals surface area contributed by atoms with Crippen LogP contribution in [0.15, 0.2) is 84.9 Å². The molecule has 0 spiro atoms. The molecule has 4 nitrogen and oxygen atoms in total. The van der Waals surface area contributed by atoms with Crippen LogP contribution >= 0.6 is 0 Å². The number of hydrogen-bond acceptors (Lipinski definition) is 4. The Morgan fingerprint density at radius 1 is 0.545 bits per heavy atom. The van der Waals surface area contributed by atoms with Crippen LogP contribution in [0.2, 0.25) is 0 Å². The van der Waals surface area contributed by atoms with Gasteiger partial charge in [0.1, 0.15) is 11.4 Å². The summed E-state index contributed by atoms with van der Waals surface area (Å²) in [7, 11) is 0. The Bertz CT molecular complexity index is 1650. The van der Waals surface area contributed by atoms with Gasteiger partial charge in [0.25, 0.3) is 0 Å². The lowest BCUT2D eigenvalue weighted by molar-refractivity contribution is 0.174. The molecular weight excluding hydrogens is 408 g/mol. The second-order valence-electron chi connectivity index (χ2n) is 7.54. The Balaban J connectivity index is 1.39. The first-order valence-electron chi connectivity index (χ1n) is 10.5. The predicted octanol–water partition coefficient (Wildman–Crippen LogP) is 5.31. The fraction of sp³-hybridized carbons (Fsp3) is 0.0345. The highest BCUT2D eigenvalue weighted by Crippen LogP contribution is 2.32. The third-order valence-electron chi connectivity index (χ3n) is 5.34. The molecule has 4 heteroatoms. The number of benzene rings is 3. The largest absolute Gasteiger partial charge is 0.454 e. The van der Waals surface area contributed by atoms with Crippen LogP contribution in [0, 0.1) is 23.7 Å². The number of hydrogen-bond donors (Lipinski definition) is 0. The lowest BCUT2D eigenvalue weighted by Gasteiger charge is -2.04. The molecule has 1 aliphatic heterocycles. The van der Waals surface area contributed by atoms with Gasteiger partial charge in [-0.1, -0.05) is 42.2 Å². The van der Waals surface area contributed by atoms with Crippen molar-refractivity contribution in [2.24, 2.45) is 0 Å². The minimum atomic E-state index is 0.246. The minimum absolute atomic E-state index is 0.246. The van der Waals surface area contributed by atoms with Crippen molar-refractivity contribution in [3.63, 3.8) is 0 Å². The normalized spacial score (nSPS) is 11.5. The van der Waals surface area contributed by atoms with Gasteiger partial charge >= 0.3 is 0 Å². The highest BCUT2D eigenvalue weighted by Gasteiger charge is 2.12. The summed E-state index contributed by atoms with van der Waals surface area (Å²) in [5.41, 5.74) is 4.81. The van der Waals surface area contributed by atoms with E-state index in [1.807, 2.05) is 72.8 Å². The van der Waals surface area contributed by atoms with Crippen LogP contribution in [0.3, 0.4) is 0 Å². The maximum absolute atomic E-state index is 5.43. The van der Waals surface area contributed by atoms with E-state index in [1.54, 1.807) is 0 Å². The monoisotopic (exact) mass is 424 g/mol. The number of rotatable bonds is 0. The first-order chi connectivity index (χ1) is 16.3. The zero-order valence-corrected chi connectivity index (χ0v) is 17.5. The van der Waals surface area contributed by atoms with Crippen molar-refractivity contribution in [1.82, 2.24) is 9.97 Å². The van der Waals surface area contributed by atoms with Gasteiger partial charge in [0.15, 0.2) is 11.5 Å². The van der Waals surface area contributed by atoms with Gasteiger partial charge in [-0.25, -0.2) is 9.97 Å². The van der Waals surface area contributed by atoms with E-state index < -0.39 is 0 Å². The third kappa shape index (κ3) is 3.83. The molecular formula is C29H16N2O2. The maximum atomic E-state index is 5.43. The summed E-state index contributed by atoms with van der Waals surface area (Å²) in [5.74, 6) is 14.1. The molecule has 0 radical (unpaired) electrons. The van der Waals surface area contributed by atoms with E-state index in [1.165, 1.54) is 0 Å². The van der Waals surface area contributed by atoms with Crippen LogP contribution in [0.1, 0.15) is 22.5 Å². The van der Waals surface area contributed by atoms with Gasteiger partial charge in [-0.05, 0) is 66.4 Å². The highest BCUT2D eigenvalue weighted by atomic mass is 16.7. The molecule has 0 fully saturated rings. The van der Waals surface area contributed by atoms with Gasteiger partial charge in [-0.15, -0.1) is 0 Å². The second-order valence-corrected chi connectivity index (χ2v) is 7.54. The molecule has 2 aromatic heterocycles. The average Bonchev–Trinajstić information content (AvgIpc) is 3.34. The number of ether oxygens (including phenoxy) is 2. The van der Waals surface area contributed by atoms with E-state index in [4.69, 9.17) is 19.4 Å². The Morgan fingerprint density at radius 2 is 1.15 bits per heavy atom. The lowest BCUT2D eigenvalue weighted by atomic mass is 10.1. The number of fused-ring (bicyclic) bond motifs is 4. The summed E-state index contributed by atoms with van der Waals surface area (Å²) in [5, 5.41) is 2.03. The molecule has 0 bridgehead atoms. The summed E-state index contributed by atoms with van der Waals surface area (Å²) in [4.78, 5) is 9.61. The molecule has 33 heavy (non-hydrogen) atoms. The van der Waals surface area contributed by atoms with Crippen LogP contribution < -0.4 is 9.47 Å². The van der Waals surface area contributed by atoms with Crippen LogP contribution in [0.5, 0.6) is 11.5 Å². The Hall–Kier alpha value is -4.80. The summed E-state index contributed by atoms with van der Waals surface area (Å²) >= 11 is 0. The highest BCUT2D eigenvalue weighted by molar-refractivity contribution is 6.03. The van der Waals surface area contributed by atoms with Crippen molar-refractivity contribution in [3.05, 3.63) is 107 Å². The molecule has 0 unspecified atom stereocenters. The van der Waals surface area contributed by atoms with Gasteiger partial charge in [-0.3, -0.25) is 0 Å². The van der Waals surface area contributed by atoms with Crippen LogP contribution in [0.4, 0.5) is 0 Å². The Morgan fingerprint density at radius 3 is 1.85 bits per heavy atom. The average molecular weight is 424 g/mol. The fourth-order valence-electron chi connectivity index (χ4n) is 3.68. The fourth-order valence-corrected chi connectivity index (χ4v) is 3.68. The van der Waals surface area contributed by atoms with Gasteiger partial charge in [0, 0.05) is 21.9 Å². The molecule has 3 aromatic carbocycles. The molecule has 0 atom stereocenters. The van der Waals surface area contributed by atoms with Gasteiger partial charge in [0.05, 0.1) is 11.0 Å². The molecule has 6 rings (SSSR count). The van der Waals surface area contributed by atoms with E-state index in [-0.39, 0.29) is 6.79 Å². The number of aromatic nitrogens is 2. The molecule has 0 aliphatic carbocycles. The molecule has 0 saturated carbocycles. The van der Waals surface area contributed by atoms with Crippen molar-refractivity contribution < 1.29 is 9.47 Å². The van der Waals surface area contributed by atoms with Crippen molar-refractivity contribution in [1.29, 1.82) is 0 Å². The molecule has 0 N–H and O–H groups in total. The lowest BCUT2D eigenvalue weighted by Crippen LogP contribution is -1.92. The standard InChI is InChI=1S/C29H16N2O2/c1-2-4-20(5-3-1)6-13-24-15-11-22-9-10-23-12-16-25(31-29(23)28(22)30-24)14-7-21-8-17-26-27(18-21)33-19-32-26/h1-5,8-12,15-18H,19H2. The van der Waals surface area contributed by atoms with Crippen molar-refractivity contribution in [2.45, 2.75) is 0 Å². The molecule has 5 aromatic rings. The van der Waals surface area contributed by atoms with E-state index in [0.717, 1.165) is 38.7 Å². The van der Waals surface area contributed by atoms with Crippen LogP contribution in [-0.2, 0) is 0 Å². The molecule has 154 valence electrons.